The summed E-state index contributed by atoms with van der Waals surface area (Å²) in [5, 5.41) is 15.9. The van der Waals surface area contributed by atoms with E-state index in [0.29, 0.717) is 0 Å². The molecule has 0 bridgehead atoms. The smallest absolute Gasteiger partial charge is 1.00 e. The molecule has 1 atom stereocenters. The maximum atomic E-state index is 9.65. The second-order valence-corrected chi connectivity index (χ2v) is 1.13. The van der Waals surface area contributed by atoms with E-state index in [2.05, 4.69) is 0 Å². The van der Waals surface area contributed by atoms with Crippen molar-refractivity contribution in [1.82, 2.24) is 0 Å². The molecule has 0 aliphatic heterocycles. The number of aliphatic hydroxyl groups is 1. The van der Waals surface area contributed by atoms with Crippen LogP contribution in [0.3, 0.4) is 0 Å². The zero-order valence-corrected chi connectivity index (χ0v) is 7.33. The molecule has 0 spiro atoms. The fourth-order valence-corrected chi connectivity index (χ4v) is 0.0781. The van der Waals surface area contributed by atoms with Crippen LogP contribution in [0.5, 0.6) is 0 Å². The minimum Gasteiger partial charge on any atom is -1.00 e. The van der Waals surface area contributed by atoms with Crippen LogP contribution in [0.2, 0.25) is 0 Å². The molecule has 56 valence electrons. The molecule has 0 aromatic carbocycles. The van der Waals surface area contributed by atoms with Gasteiger partial charge in [0.1, 0.15) is 6.04 Å². The van der Waals surface area contributed by atoms with Gasteiger partial charge in [-0.15, -0.1) is 0 Å². The second kappa shape index (κ2) is 12.6. The summed E-state index contributed by atoms with van der Waals surface area (Å²) in [6.45, 7) is -0.505. The number of carbonyl (C=O) groups is 1. The van der Waals surface area contributed by atoms with Crippen molar-refractivity contribution in [3.05, 3.63) is 0 Å². The van der Waals surface area contributed by atoms with E-state index < -0.39 is 18.6 Å². The van der Waals surface area contributed by atoms with Crippen molar-refractivity contribution in [3.8, 4) is 0 Å². The van der Waals surface area contributed by atoms with Gasteiger partial charge in [0.2, 0.25) is 0 Å². The molecule has 4 N–H and O–H groups in total. The summed E-state index contributed by atoms with van der Waals surface area (Å²) in [6, 6.07) is -1.13. The number of hydrogen-bond donors (Lipinski definition) is 3. The topological polar surface area (TPSA) is 83.5 Å². The number of carboxylic acids is 1. The predicted molar refractivity (Wildman–Crippen MR) is 40.6 cm³/mol. The van der Waals surface area contributed by atoms with Crippen molar-refractivity contribution in [2.24, 2.45) is 5.73 Å². The summed E-state index contributed by atoms with van der Waals surface area (Å²) >= 11 is 0. The monoisotopic (exact) mass is 236 g/mol. The minimum atomic E-state index is -1.18. The normalized spacial score (nSPS) is 9.40. The van der Waals surface area contributed by atoms with Crippen molar-refractivity contribution in [3.63, 3.8) is 0 Å². The molecule has 0 aliphatic carbocycles. The average molecular weight is 237 g/mol. The SMILES string of the molecule is N[C@@H](CO)C(=O)O.[AlH3].[Be+2].[H-].[H-].[Zr]. The van der Waals surface area contributed by atoms with E-state index >= 15 is 0 Å². The van der Waals surface area contributed by atoms with Crippen LogP contribution in [0.15, 0.2) is 0 Å². The molecule has 4 nitrogen and oxygen atoms in total. The summed E-state index contributed by atoms with van der Waals surface area (Å²) < 4.78 is 0. The summed E-state index contributed by atoms with van der Waals surface area (Å²) in [4.78, 5) is 9.65. The van der Waals surface area contributed by atoms with E-state index in [1.165, 1.54) is 0 Å². The van der Waals surface area contributed by atoms with E-state index in [-0.39, 0.29) is 56.5 Å². The number of aliphatic carboxylic acids is 1. The molecule has 0 saturated carbocycles. The third-order valence-corrected chi connectivity index (χ3v) is 0.514. The maximum absolute atomic E-state index is 9.65. The molecule has 10 heavy (non-hydrogen) atoms. The first-order chi connectivity index (χ1) is 3.18. The molecule has 0 aliphatic rings. The van der Waals surface area contributed by atoms with Crippen LogP contribution in [0.25, 0.3) is 0 Å². The van der Waals surface area contributed by atoms with E-state index in [1.807, 2.05) is 0 Å². The molecule has 0 radical (unpaired) electrons. The van der Waals surface area contributed by atoms with Gasteiger partial charge in [-0.25, -0.2) is 0 Å². The van der Waals surface area contributed by atoms with E-state index in [4.69, 9.17) is 15.9 Å². The van der Waals surface area contributed by atoms with Gasteiger partial charge in [0.25, 0.3) is 0 Å². The van der Waals surface area contributed by atoms with Crippen LogP contribution in [0.1, 0.15) is 2.85 Å². The Morgan fingerprint density at radius 3 is 2.00 bits per heavy atom. The molecule has 0 aromatic heterocycles. The Balaban J connectivity index is -0.0000000180. The zero-order chi connectivity index (χ0) is 5.86. The molecular weight excluding hydrogens is 225 g/mol. The fraction of sp³-hybridized carbons (Fsp3) is 0.667. The van der Waals surface area contributed by atoms with Gasteiger partial charge in [-0.1, -0.05) is 0 Å². The first-order valence-electron chi connectivity index (χ1n) is 1.77. The van der Waals surface area contributed by atoms with Gasteiger partial charge in [0.15, 0.2) is 17.4 Å². The Labute approximate surface area is 95.6 Å². The Morgan fingerprint density at radius 1 is 1.70 bits per heavy atom. The van der Waals surface area contributed by atoms with Crippen LogP contribution in [-0.4, -0.2) is 56.3 Å². The molecule has 7 heteroatoms. The van der Waals surface area contributed by atoms with Crippen molar-refractivity contribution in [2.45, 2.75) is 6.04 Å². The molecule has 0 amide bonds. The average Bonchev–Trinajstić information content (AvgIpc) is 1.65. The van der Waals surface area contributed by atoms with Gasteiger partial charge < -0.3 is 18.8 Å². The summed E-state index contributed by atoms with van der Waals surface area (Å²) in [7, 11) is 0. The largest absolute Gasteiger partial charge is 2.00 e. The van der Waals surface area contributed by atoms with Crippen molar-refractivity contribution in [1.29, 1.82) is 0 Å². The number of rotatable bonds is 2. The van der Waals surface area contributed by atoms with Gasteiger partial charge in [-0.2, -0.15) is 0 Å². The minimum absolute atomic E-state index is 0. The predicted octanol–water partition coefficient (Wildman–Crippen LogP) is -2.95. The summed E-state index contributed by atoms with van der Waals surface area (Å²) in [5.74, 6) is -1.18. The van der Waals surface area contributed by atoms with Crippen molar-refractivity contribution in [2.75, 3.05) is 6.61 Å². The molecule has 0 heterocycles. The third-order valence-electron chi connectivity index (χ3n) is 0.514. The Morgan fingerprint density at radius 2 is 2.00 bits per heavy atom. The Bertz CT molecular complexity index is 93.9. The van der Waals surface area contributed by atoms with E-state index in [0.717, 1.165) is 0 Å². The zero-order valence-electron chi connectivity index (χ0n) is 6.87. The standard InChI is InChI=1S/C3H7NO3.Al.Be.Zr.5H/c4-2(1-5)3(6)7;;;;;;;;/h2,5H,1,4H2,(H,6,7);;;;;;;;/q;;+2;;;;;2*-1/t2-;;;;;;;;/m0......../s1. The van der Waals surface area contributed by atoms with Crippen molar-refractivity contribution >= 4 is 33.5 Å². The summed E-state index contributed by atoms with van der Waals surface area (Å²) in [6.07, 6.45) is 0. The molecule has 0 unspecified atom stereocenters. The number of hydrogen-bond acceptors (Lipinski definition) is 3. The van der Waals surface area contributed by atoms with Gasteiger partial charge in [0, 0.05) is 26.2 Å². The van der Waals surface area contributed by atoms with Crippen LogP contribution < -0.4 is 5.73 Å². The van der Waals surface area contributed by atoms with E-state index in [9.17, 15) is 4.79 Å². The first kappa shape index (κ1) is 22.4. The Kier molecular flexibility index (Phi) is 28.4. The first-order valence-corrected chi connectivity index (χ1v) is 1.77. The molecule has 0 rings (SSSR count). The molecule has 0 saturated heterocycles. The molecule has 0 aromatic rings. The third kappa shape index (κ3) is 11.7. The number of nitrogens with two attached hydrogens (primary N) is 1. The number of aliphatic hydroxyl groups excluding tert-OH is 1. The Hall–Kier alpha value is 0.974. The number of carboxylic acid groups (broad SMARTS) is 1. The van der Waals surface area contributed by atoms with Crippen LogP contribution in [0, 0.1) is 0 Å². The van der Waals surface area contributed by atoms with Crippen molar-refractivity contribution < 1.29 is 44.1 Å². The maximum Gasteiger partial charge on any atom is 2.00 e. The molecular formula is C3H12AlBeNO3Zr. The van der Waals surface area contributed by atoms with Gasteiger partial charge in [0.05, 0.1) is 6.61 Å². The molecule has 0 fully saturated rings. The fourth-order valence-electron chi connectivity index (χ4n) is 0.0781. The van der Waals surface area contributed by atoms with Crippen LogP contribution >= 0.6 is 0 Å². The quantitative estimate of drug-likeness (QED) is 0.448. The van der Waals surface area contributed by atoms with Crippen LogP contribution in [0.4, 0.5) is 0 Å². The second-order valence-electron chi connectivity index (χ2n) is 1.13. The van der Waals surface area contributed by atoms with Crippen LogP contribution in [-0.2, 0) is 31.0 Å². The van der Waals surface area contributed by atoms with Gasteiger partial charge in [-0.05, 0) is 0 Å². The van der Waals surface area contributed by atoms with Gasteiger partial charge in [-0.3, -0.25) is 4.79 Å². The summed E-state index contributed by atoms with van der Waals surface area (Å²) in [5.41, 5.74) is 4.77. The van der Waals surface area contributed by atoms with Gasteiger partial charge >= 0.3 is 16.1 Å². The van der Waals surface area contributed by atoms with E-state index in [1.54, 1.807) is 0 Å².